The van der Waals surface area contributed by atoms with Crippen LogP contribution >= 0.6 is 43.5 Å². The summed E-state index contributed by atoms with van der Waals surface area (Å²) in [7, 11) is 0. The number of hydrogen-bond acceptors (Lipinski definition) is 3. The standard InChI is InChI=1S/C22H25Br2ClN2O3/c1-14(2)11-26-22(29)15(3)27(12-16-5-4-6-17(23)9-16)21(28)13-30-20-8-7-18(24)10-19(20)25/h4-10,14-15H,11-13H2,1-3H3,(H,26,29)/t15-/m1/s1. The molecule has 0 bridgehead atoms. The maximum atomic E-state index is 13.0. The molecule has 0 aliphatic carbocycles. The molecule has 0 fully saturated rings. The highest BCUT2D eigenvalue weighted by atomic mass is 79.9. The smallest absolute Gasteiger partial charge is 0.261 e. The molecule has 0 heterocycles. The van der Waals surface area contributed by atoms with E-state index in [-0.39, 0.29) is 25.0 Å². The van der Waals surface area contributed by atoms with E-state index in [2.05, 4.69) is 37.2 Å². The number of halogens is 3. The number of hydrogen-bond donors (Lipinski definition) is 1. The monoisotopic (exact) mass is 558 g/mol. The van der Waals surface area contributed by atoms with Crippen LogP contribution in [0.3, 0.4) is 0 Å². The highest BCUT2D eigenvalue weighted by molar-refractivity contribution is 9.10. The molecular weight excluding hydrogens is 536 g/mol. The summed E-state index contributed by atoms with van der Waals surface area (Å²) in [4.78, 5) is 27.2. The quantitative estimate of drug-likeness (QED) is 0.445. The fourth-order valence-corrected chi connectivity index (χ4v) is 3.86. The summed E-state index contributed by atoms with van der Waals surface area (Å²) < 4.78 is 7.36. The number of nitrogens with zero attached hydrogens (tertiary/aromatic N) is 1. The second-order valence-corrected chi connectivity index (χ2v) is 9.57. The molecule has 0 saturated carbocycles. The largest absolute Gasteiger partial charge is 0.482 e. The van der Waals surface area contributed by atoms with Gasteiger partial charge in [0.05, 0.1) is 5.02 Å². The molecule has 30 heavy (non-hydrogen) atoms. The topological polar surface area (TPSA) is 58.6 Å². The Morgan fingerprint density at radius 2 is 1.80 bits per heavy atom. The number of nitrogens with one attached hydrogen (secondary N) is 1. The van der Waals surface area contributed by atoms with Gasteiger partial charge < -0.3 is 15.0 Å². The summed E-state index contributed by atoms with van der Waals surface area (Å²) in [6.07, 6.45) is 0. The highest BCUT2D eigenvalue weighted by Gasteiger charge is 2.26. The second-order valence-electron chi connectivity index (χ2n) is 7.33. The molecule has 162 valence electrons. The fraction of sp³-hybridized carbons (Fsp3) is 0.364. The zero-order chi connectivity index (χ0) is 22.3. The normalized spacial score (nSPS) is 11.8. The van der Waals surface area contributed by atoms with Crippen molar-refractivity contribution in [2.45, 2.75) is 33.4 Å². The van der Waals surface area contributed by atoms with Crippen molar-refractivity contribution in [3.63, 3.8) is 0 Å². The van der Waals surface area contributed by atoms with Gasteiger partial charge in [0.25, 0.3) is 5.91 Å². The molecule has 0 radical (unpaired) electrons. The molecule has 0 unspecified atom stereocenters. The molecule has 2 rings (SSSR count). The third-order valence-electron chi connectivity index (χ3n) is 4.34. The summed E-state index contributed by atoms with van der Waals surface area (Å²) >= 11 is 13.0. The van der Waals surface area contributed by atoms with Crippen LogP contribution in [0.2, 0.25) is 5.02 Å². The molecule has 2 aromatic rings. The number of ether oxygens (including phenoxy) is 1. The summed E-state index contributed by atoms with van der Waals surface area (Å²) in [6, 6.07) is 12.2. The van der Waals surface area contributed by atoms with Crippen LogP contribution in [-0.4, -0.2) is 35.9 Å². The summed E-state index contributed by atoms with van der Waals surface area (Å²) in [5.41, 5.74) is 0.905. The Hall–Kier alpha value is -1.57. The number of carbonyl (C=O) groups is 2. The van der Waals surface area contributed by atoms with Crippen LogP contribution in [0.5, 0.6) is 5.75 Å². The van der Waals surface area contributed by atoms with E-state index >= 15 is 0 Å². The van der Waals surface area contributed by atoms with Gasteiger partial charge in [-0.15, -0.1) is 0 Å². The van der Waals surface area contributed by atoms with E-state index in [1.807, 2.05) is 38.1 Å². The van der Waals surface area contributed by atoms with Crippen LogP contribution in [0.4, 0.5) is 0 Å². The first kappa shape index (κ1) is 24.7. The number of rotatable bonds is 9. The van der Waals surface area contributed by atoms with E-state index in [0.717, 1.165) is 14.5 Å². The first-order valence-electron chi connectivity index (χ1n) is 9.57. The molecule has 0 aromatic heterocycles. The summed E-state index contributed by atoms with van der Waals surface area (Å²) in [6.45, 7) is 6.37. The first-order chi connectivity index (χ1) is 14.2. The molecule has 1 atom stereocenters. The van der Waals surface area contributed by atoms with E-state index in [1.165, 1.54) is 4.90 Å². The van der Waals surface area contributed by atoms with Crippen LogP contribution in [0.1, 0.15) is 26.3 Å². The predicted molar refractivity (Wildman–Crippen MR) is 127 cm³/mol. The molecule has 5 nitrogen and oxygen atoms in total. The van der Waals surface area contributed by atoms with Crippen LogP contribution < -0.4 is 10.1 Å². The van der Waals surface area contributed by atoms with E-state index in [0.29, 0.717) is 23.2 Å². The van der Waals surface area contributed by atoms with Crippen molar-refractivity contribution < 1.29 is 14.3 Å². The van der Waals surface area contributed by atoms with Crippen molar-refractivity contribution >= 4 is 55.3 Å². The van der Waals surface area contributed by atoms with E-state index in [1.54, 1.807) is 25.1 Å². The highest BCUT2D eigenvalue weighted by Crippen LogP contribution is 2.27. The van der Waals surface area contributed by atoms with Crippen LogP contribution in [-0.2, 0) is 16.1 Å². The maximum Gasteiger partial charge on any atom is 0.261 e. The van der Waals surface area contributed by atoms with Crippen molar-refractivity contribution in [1.29, 1.82) is 0 Å². The number of carbonyl (C=O) groups excluding carboxylic acids is 2. The van der Waals surface area contributed by atoms with Crippen molar-refractivity contribution in [2.24, 2.45) is 5.92 Å². The molecule has 8 heteroatoms. The Balaban J connectivity index is 2.15. The predicted octanol–water partition coefficient (Wildman–Crippen LogP) is 5.43. The van der Waals surface area contributed by atoms with Gasteiger partial charge in [-0.25, -0.2) is 0 Å². The Morgan fingerprint density at radius 3 is 2.43 bits per heavy atom. The van der Waals surface area contributed by atoms with Gasteiger partial charge in [0.15, 0.2) is 6.61 Å². The van der Waals surface area contributed by atoms with Gasteiger partial charge in [0.1, 0.15) is 11.8 Å². The molecule has 0 spiro atoms. The summed E-state index contributed by atoms with van der Waals surface area (Å²) in [5.74, 6) is 0.223. The van der Waals surface area contributed by atoms with Crippen LogP contribution in [0.25, 0.3) is 0 Å². The van der Waals surface area contributed by atoms with Gasteiger partial charge in [-0.3, -0.25) is 9.59 Å². The van der Waals surface area contributed by atoms with Gasteiger partial charge in [-0.1, -0.05) is 69.4 Å². The molecule has 2 aromatic carbocycles. The van der Waals surface area contributed by atoms with Crippen molar-refractivity contribution in [3.8, 4) is 5.75 Å². The van der Waals surface area contributed by atoms with Crippen LogP contribution in [0, 0.1) is 5.92 Å². The maximum absolute atomic E-state index is 13.0. The lowest BCUT2D eigenvalue weighted by atomic mass is 10.1. The van der Waals surface area contributed by atoms with Gasteiger partial charge in [-0.2, -0.15) is 0 Å². The lowest BCUT2D eigenvalue weighted by Crippen LogP contribution is -2.49. The zero-order valence-electron chi connectivity index (χ0n) is 17.1. The third-order valence-corrected chi connectivity index (χ3v) is 5.62. The van der Waals surface area contributed by atoms with E-state index < -0.39 is 6.04 Å². The SMILES string of the molecule is CC(C)CNC(=O)[C@@H](C)N(Cc1cccc(Br)c1)C(=O)COc1ccc(Br)cc1Cl. The second kappa shape index (κ2) is 11.7. The number of amides is 2. The molecule has 1 N–H and O–H groups in total. The Morgan fingerprint density at radius 1 is 1.10 bits per heavy atom. The average molecular weight is 561 g/mol. The Kier molecular flexibility index (Phi) is 9.65. The lowest BCUT2D eigenvalue weighted by Gasteiger charge is -2.29. The lowest BCUT2D eigenvalue weighted by molar-refractivity contribution is -0.142. The van der Waals surface area contributed by atoms with Gasteiger partial charge in [0, 0.05) is 22.0 Å². The molecule has 0 aliphatic heterocycles. The van der Waals surface area contributed by atoms with Crippen molar-refractivity contribution in [2.75, 3.05) is 13.2 Å². The average Bonchev–Trinajstić information content (AvgIpc) is 2.68. The minimum Gasteiger partial charge on any atom is -0.482 e. The number of benzene rings is 2. The van der Waals surface area contributed by atoms with Gasteiger partial charge in [0.2, 0.25) is 5.91 Å². The molecule has 0 aliphatic rings. The summed E-state index contributed by atoms with van der Waals surface area (Å²) in [5, 5.41) is 3.30. The molecule has 2 amide bonds. The minimum atomic E-state index is -0.653. The van der Waals surface area contributed by atoms with Crippen molar-refractivity contribution in [3.05, 3.63) is 62.0 Å². The third kappa shape index (κ3) is 7.60. The van der Waals surface area contributed by atoms with Gasteiger partial charge in [-0.05, 0) is 48.7 Å². The fourth-order valence-electron chi connectivity index (χ4n) is 2.68. The van der Waals surface area contributed by atoms with E-state index in [4.69, 9.17) is 16.3 Å². The Labute approximate surface area is 199 Å². The minimum absolute atomic E-state index is 0.200. The first-order valence-corrected chi connectivity index (χ1v) is 11.5. The zero-order valence-corrected chi connectivity index (χ0v) is 21.1. The van der Waals surface area contributed by atoms with Gasteiger partial charge >= 0.3 is 0 Å². The molecular formula is C22H25Br2ClN2O3. The van der Waals surface area contributed by atoms with Crippen molar-refractivity contribution in [1.82, 2.24) is 10.2 Å². The van der Waals surface area contributed by atoms with Crippen LogP contribution in [0.15, 0.2) is 51.4 Å². The molecule has 0 saturated heterocycles. The Bertz CT molecular complexity index is 892. The van der Waals surface area contributed by atoms with E-state index in [9.17, 15) is 9.59 Å².